The zero-order valence-corrected chi connectivity index (χ0v) is 11.2. The molecule has 110 valence electrons. The molecule has 2 rings (SSSR count). The lowest BCUT2D eigenvalue weighted by Gasteiger charge is -2.16. The third-order valence-corrected chi connectivity index (χ3v) is 3.39. The lowest BCUT2D eigenvalue weighted by molar-refractivity contribution is -0.137. The van der Waals surface area contributed by atoms with Crippen LogP contribution in [0.3, 0.4) is 0 Å². The Morgan fingerprint density at radius 3 is 2.38 bits per heavy atom. The topological polar surface area (TPSA) is 34.1 Å². The van der Waals surface area contributed by atoms with Crippen molar-refractivity contribution in [3.8, 4) is 11.8 Å². The van der Waals surface area contributed by atoms with Gasteiger partial charge in [-0.05, 0) is 30.7 Å². The maximum atomic E-state index is 12.4. The van der Waals surface area contributed by atoms with E-state index in [1.807, 2.05) is 0 Å². The molecule has 0 bridgehead atoms. The fourth-order valence-electron chi connectivity index (χ4n) is 2.16. The molecule has 0 heterocycles. The van der Waals surface area contributed by atoms with Gasteiger partial charge >= 0.3 is 6.18 Å². The first-order valence-corrected chi connectivity index (χ1v) is 6.57. The van der Waals surface area contributed by atoms with Crippen LogP contribution >= 0.6 is 0 Å². The van der Waals surface area contributed by atoms with Crippen LogP contribution in [0.1, 0.15) is 36.8 Å². The number of carbonyl (C=O) groups excluding carboxylic acids is 2. The largest absolute Gasteiger partial charge is 0.416 e. The van der Waals surface area contributed by atoms with E-state index in [0.717, 1.165) is 12.1 Å². The van der Waals surface area contributed by atoms with E-state index in [2.05, 4.69) is 11.8 Å². The van der Waals surface area contributed by atoms with Crippen LogP contribution < -0.4 is 0 Å². The van der Waals surface area contributed by atoms with E-state index < -0.39 is 11.7 Å². The zero-order valence-electron chi connectivity index (χ0n) is 11.2. The van der Waals surface area contributed by atoms with E-state index in [-0.39, 0.29) is 23.9 Å². The molecule has 21 heavy (non-hydrogen) atoms. The molecule has 1 aliphatic rings. The van der Waals surface area contributed by atoms with Crippen molar-refractivity contribution in [1.29, 1.82) is 0 Å². The molecule has 1 atom stereocenters. The van der Waals surface area contributed by atoms with Crippen LogP contribution in [0.5, 0.6) is 0 Å². The number of rotatable bonds is 1. The van der Waals surface area contributed by atoms with Gasteiger partial charge in [0.1, 0.15) is 11.6 Å². The van der Waals surface area contributed by atoms with Crippen LogP contribution in [-0.2, 0) is 15.8 Å². The number of ketones is 2. The highest BCUT2D eigenvalue weighted by molar-refractivity contribution is 6.02. The summed E-state index contributed by atoms with van der Waals surface area (Å²) in [4.78, 5) is 22.7. The maximum absolute atomic E-state index is 12.4. The Balaban J connectivity index is 1.97. The highest BCUT2D eigenvalue weighted by Gasteiger charge is 2.29. The fourth-order valence-corrected chi connectivity index (χ4v) is 2.16. The highest BCUT2D eigenvalue weighted by Crippen LogP contribution is 2.29. The molecule has 0 aromatic heterocycles. The van der Waals surface area contributed by atoms with Gasteiger partial charge in [-0.15, -0.1) is 0 Å². The van der Waals surface area contributed by atoms with Crippen molar-refractivity contribution in [2.45, 2.75) is 31.9 Å². The number of hydrogen-bond donors (Lipinski definition) is 0. The van der Waals surface area contributed by atoms with Gasteiger partial charge in [0.05, 0.1) is 12.0 Å². The average molecular weight is 294 g/mol. The summed E-state index contributed by atoms with van der Waals surface area (Å²) < 4.78 is 37.2. The van der Waals surface area contributed by atoms with Crippen LogP contribution in [0.25, 0.3) is 0 Å². The van der Waals surface area contributed by atoms with Gasteiger partial charge in [-0.3, -0.25) is 9.59 Å². The molecule has 1 fully saturated rings. The first-order chi connectivity index (χ1) is 9.86. The molecular weight excluding hydrogens is 281 g/mol. The Kier molecular flexibility index (Phi) is 4.46. The SMILES string of the molecule is O=C1CCC(CC#Cc2ccc(C(F)(F)F)cc2)C(=O)C1. The summed E-state index contributed by atoms with van der Waals surface area (Å²) in [6.45, 7) is 0. The number of halogens is 3. The molecule has 5 heteroatoms. The van der Waals surface area contributed by atoms with Gasteiger partial charge in [-0.25, -0.2) is 0 Å². The predicted octanol–water partition coefficient (Wildman–Crippen LogP) is 3.39. The van der Waals surface area contributed by atoms with Crippen LogP contribution in [0.15, 0.2) is 24.3 Å². The number of Topliss-reactive ketones (excluding diaryl/α,β-unsaturated/α-hetero) is 2. The van der Waals surface area contributed by atoms with Crippen molar-refractivity contribution in [3.63, 3.8) is 0 Å². The van der Waals surface area contributed by atoms with Gasteiger partial charge in [-0.1, -0.05) is 11.8 Å². The summed E-state index contributed by atoms with van der Waals surface area (Å²) in [5.41, 5.74) is -0.239. The molecule has 1 aromatic rings. The number of benzene rings is 1. The second kappa shape index (κ2) is 6.13. The van der Waals surface area contributed by atoms with Crippen LogP contribution in [0, 0.1) is 17.8 Å². The smallest absolute Gasteiger partial charge is 0.299 e. The van der Waals surface area contributed by atoms with Crippen molar-refractivity contribution >= 4 is 11.6 Å². The molecule has 1 unspecified atom stereocenters. The number of hydrogen-bond acceptors (Lipinski definition) is 2. The van der Waals surface area contributed by atoms with E-state index in [1.165, 1.54) is 12.1 Å². The summed E-state index contributed by atoms with van der Waals surface area (Å²) in [5.74, 6) is 5.20. The van der Waals surface area contributed by atoms with Crippen molar-refractivity contribution in [2.75, 3.05) is 0 Å². The predicted molar refractivity (Wildman–Crippen MR) is 70.3 cm³/mol. The minimum absolute atomic E-state index is 0.0212. The van der Waals surface area contributed by atoms with Gasteiger partial charge in [-0.2, -0.15) is 13.2 Å². The summed E-state index contributed by atoms with van der Waals surface area (Å²) >= 11 is 0. The molecule has 0 N–H and O–H groups in total. The molecule has 0 amide bonds. The molecule has 1 aliphatic carbocycles. The Bertz CT molecular complexity index is 603. The molecule has 0 saturated heterocycles. The monoisotopic (exact) mass is 294 g/mol. The third-order valence-electron chi connectivity index (χ3n) is 3.39. The van der Waals surface area contributed by atoms with Crippen molar-refractivity contribution in [3.05, 3.63) is 35.4 Å². The summed E-state index contributed by atoms with van der Waals surface area (Å²) in [6, 6.07) is 4.58. The Labute approximate surface area is 120 Å². The minimum Gasteiger partial charge on any atom is -0.299 e. The van der Waals surface area contributed by atoms with Gasteiger partial charge in [0.25, 0.3) is 0 Å². The van der Waals surface area contributed by atoms with Crippen molar-refractivity contribution < 1.29 is 22.8 Å². The second-order valence-corrected chi connectivity index (χ2v) is 5.00. The van der Waals surface area contributed by atoms with Crippen molar-refractivity contribution in [1.82, 2.24) is 0 Å². The number of alkyl halides is 3. The van der Waals surface area contributed by atoms with Gasteiger partial charge < -0.3 is 0 Å². The van der Waals surface area contributed by atoms with Gasteiger partial charge in [0.15, 0.2) is 0 Å². The minimum atomic E-state index is -4.35. The molecule has 0 radical (unpaired) electrons. The van der Waals surface area contributed by atoms with E-state index in [1.54, 1.807) is 0 Å². The molecular formula is C16H13F3O2. The number of carbonyl (C=O) groups is 2. The first-order valence-electron chi connectivity index (χ1n) is 6.57. The van der Waals surface area contributed by atoms with Gasteiger partial charge in [0.2, 0.25) is 0 Å². The lowest BCUT2D eigenvalue weighted by Crippen LogP contribution is -2.24. The summed E-state index contributed by atoms with van der Waals surface area (Å²) in [7, 11) is 0. The lowest BCUT2D eigenvalue weighted by atomic mass is 9.85. The van der Waals surface area contributed by atoms with Crippen LogP contribution in [0.4, 0.5) is 13.2 Å². The van der Waals surface area contributed by atoms with E-state index in [4.69, 9.17) is 0 Å². The van der Waals surface area contributed by atoms with E-state index >= 15 is 0 Å². The van der Waals surface area contributed by atoms with E-state index in [0.29, 0.717) is 24.8 Å². The van der Waals surface area contributed by atoms with Crippen LogP contribution in [-0.4, -0.2) is 11.6 Å². The fraction of sp³-hybridized carbons (Fsp3) is 0.375. The molecule has 1 saturated carbocycles. The quantitative estimate of drug-likeness (QED) is 0.588. The second-order valence-electron chi connectivity index (χ2n) is 5.00. The molecule has 0 aliphatic heterocycles. The van der Waals surface area contributed by atoms with Crippen molar-refractivity contribution in [2.24, 2.45) is 5.92 Å². The van der Waals surface area contributed by atoms with E-state index in [9.17, 15) is 22.8 Å². The Morgan fingerprint density at radius 1 is 1.14 bits per heavy atom. The Morgan fingerprint density at radius 2 is 1.81 bits per heavy atom. The Hall–Kier alpha value is -2.09. The van der Waals surface area contributed by atoms with Gasteiger partial charge in [0, 0.05) is 24.3 Å². The average Bonchev–Trinajstić information content (AvgIpc) is 2.41. The molecule has 2 nitrogen and oxygen atoms in total. The normalized spacial score (nSPS) is 19.1. The molecule has 1 aromatic carbocycles. The molecule has 0 spiro atoms. The maximum Gasteiger partial charge on any atom is 0.416 e. The highest BCUT2D eigenvalue weighted by atomic mass is 19.4. The van der Waals surface area contributed by atoms with Crippen LogP contribution in [0.2, 0.25) is 0 Å². The zero-order chi connectivity index (χ0) is 15.5. The first kappa shape index (κ1) is 15.3. The summed E-state index contributed by atoms with van der Waals surface area (Å²) in [5, 5.41) is 0. The third kappa shape index (κ3) is 4.19. The summed E-state index contributed by atoms with van der Waals surface area (Å²) in [6.07, 6.45) is -3.12. The standard InChI is InChI=1S/C16H13F3O2/c17-16(18,19)13-7-4-11(5-8-13)2-1-3-12-6-9-14(20)10-15(12)21/h4-5,7-8,12H,3,6,9-10H2.